The molecule has 0 aromatic carbocycles. The van der Waals surface area contributed by atoms with E-state index in [-0.39, 0.29) is 0 Å². The largest absolute Gasteiger partial charge is 0.305 e. The van der Waals surface area contributed by atoms with E-state index in [1.165, 1.54) is 0 Å². The quantitative estimate of drug-likeness (QED) is 0.641. The molecule has 1 N–H and O–H groups in total. The molecule has 3 rings (SSSR count). The number of H-pyrrole nitrogens is 1. The van der Waals surface area contributed by atoms with Gasteiger partial charge in [0.15, 0.2) is 5.65 Å². The van der Waals surface area contributed by atoms with E-state index in [4.69, 9.17) is 11.6 Å². The molecule has 15 heavy (non-hydrogen) atoms. The third-order valence-electron chi connectivity index (χ3n) is 2.57. The van der Waals surface area contributed by atoms with Gasteiger partial charge in [0.1, 0.15) is 5.15 Å². The number of hydrogen-bond acceptors (Lipinski definition) is 2. The Morgan fingerprint density at radius 1 is 1.47 bits per heavy atom. The molecule has 4 nitrogen and oxygen atoms in total. The highest BCUT2D eigenvalue weighted by Crippen LogP contribution is 2.28. The summed E-state index contributed by atoms with van der Waals surface area (Å²) in [5, 5.41) is 5.63. The summed E-state index contributed by atoms with van der Waals surface area (Å²) in [6.45, 7) is 2.94. The van der Waals surface area contributed by atoms with Gasteiger partial charge >= 0.3 is 0 Å². The maximum absolute atomic E-state index is 6.08. The highest BCUT2D eigenvalue weighted by atomic mass is 35.5. The van der Waals surface area contributed by atoms with Crippen LogP contribution in [0.4, 0.5) is 0 Å². The molecule has 0 aliphatic heterocycles. The fraction of sp³-hybridized carbons (Fsp3) is 0.200. The number of rotatable bonds is 1. The summed E-state index contributed by atoms with van der Waals surface area (Å²) >= 11 is 6.08. The number of halogens is 1. The van der Waals surface area contributed by atoms with Crippen LogP contribution in [-0.4, -0.2) is 19.7 Å². The van der Waals surface area contributed by atoms with Crippen LogP contribution < -0.4 is 0 Å². The van der Waals surface area contributed by atoms with Crippen molar-refractivity contribution in [3.05, 3.63) is 23.6 Å². The molecule has 76 valence electrons. The van der Waals surface area contributed by atoms with Crippen molar-refractivity contribution in [1.82, 2.24) is 19.7 Å². The SMILES string of the molecule is CCn1[nH]cc2c(Cl)nc3nccc3c21. The van der Waals surface area contributed by atoms with Crippen LogP contribution in [0.2, 0.25) is 5.15 Å². The Kier molecular flexibility index (Phi) is 1.73. The van der Waals surface area contributed by atoms with Gasteiger partial charge in [0.05, 0.1) is 10.9 Å². The predicted molar refractivity (Wildman–Crippen MR) is 60.1 cm³/mol. The molecule has 0 radical (unpaired) electrons. The molecule has 0 unspecified atom stereocenters. The first-order chi connectivity index (χ1) is 7.31. The van der Waals surface area contributed by atoms with Gasteiger partial charge in [0.2, 0.25) is 0 Å². The second-order valence-electron chi connectivity index (χ2n) is 3.36. The lowest BCUT2D eigenvalue weighted by molar-refractivity contribution is 0.685. The number of hydrogen-bond donors (Lipinski definition) is 1. The number of aryl methyl sites for hydroxylation is 1. The minimum absolute atomic E-state index is 0.500. The van der Waals surface area contributed by atoms with Gasteiger partial charge in [-0.05, 0) is 13.0 Å². The van der Waals surface area contributed by atoms with Crippen LogP contribution in [0.25, 0.3) is 21.9 Å². The van der Waals surface area contributed by atoms with Crippen molar-refractivity contribution >= 4 is 33.5 Å². The van der Waals surface area contributed by atoms with Crippen molar-refractivity contribution in [1.29, 1.82) is 0 Å². The highest BCUT2D eigenvalue weighted by molar-refractivity contribution is 6.35. The van der Waals surface area contributed by atoms with Gasteiger partial charge in [-0.1, -0.05) is 11.6 Å². The molecule has 0 saturated carbocycles. The van der Waals surface area contributed by atoms with Crippen LogP contribution in [0, 0.1) is 0 Å². The molecule has 0 bridgehead atoms. The average molecular weight is 221 g/mol. The lowest BCUT2D eigenvalue weighted by Crippen LogP contribution is -1.96. The topological polar surface area (TPSA) is 46.5 Å². The van der Waals surface area contributed by atoms with Crippen molar-refractivity contribution in [3.63, 3.8) is 0 Å². The van der Waals surface area contributed by atoms with E-state index in [0.717, 1.165) is 22.8 Å². The molecule has 0 spiro atoms. The van der Waals surface area contributed by atoms with Crippen LogP contribution >= 0.6 is 11.6 Å². The van der Waals surface area contributed by atoms with Gasteiger partial charge in [-0.3, -0.25) is 4.68 Å². The molecular weight excluding hydrogens is 212 g/mol. The smallest absolute Gasteiger partial charge is 0.163 e. The first-order valence-electron chi connectivity index (χ1n) is 4.79. The van der Waals surface area contributed by atoms with E-state index in [1.807, 2.05) is 16.9 Å². The average Bonchev–Trinajstić information content (AvgIpc) is 2.81. The fourth-order valence-corrected chi connectivity index (χ4v) is 2.10. The van der Waals surface area contributed by atoms with E-state index in [9.17, 15) is 0 Å². The molecule has 5 heteroatoms. The van der Waals surface area contributed by atoms with E-state index in [1.54, 1.807) is 6.20 Å². The lowest BCUT2D eigenvalue weighted by atomic mass is 10.2. The summed E-state index contributed by atoms with van der Waals surface area (Å²) < 4.78 is 2.03. The van der Waals surface area contributed by atoms with E-state index >= 15 is 0 Å². The van der Waals surface area contributed by atoms with Crippen LogP contribution in [0.5, 0.6) is 0 Å². The molecule has 3 aromatic heterocycles. The zero-order valence-corrected chi connectivity index (χ0v) is 8.91. The third kappa shape index (κ3) is 1.08. The Hall–Kier alpha value is -1.55. The van der Waals surface area contributed by atoms with E-state index in [0.29, 0.717) is 10.8 Å². The third-order valence-corrected chi connectivity index (χ3v) is 2.85. The fourth-order valence-electron chi connectivity index (χ4n) is 1.87. The summed E-state index contributed by atoms with van der Waals surface area (Å²) in [7, 11) is 0. The lowest BCUT2D eigenvalue weighted by Gasteiger charge is -2.01. The summed E-state index contributed by atoms with van der Waals surface area (Å²) in [4.78, 5) is 8.39. The standard InChI is InChI=1S/C10H9ClN4/c1-2-15-8-6-3-4-12-10(6)14-9(11)7(8)5-13-15/h3-5,13H,2H2,1H3. The molecule has 0 amide bonds. The second kappa shape index (κ2) is 2.97. The molecule has 0 atom stereocenters. The minimum atomic E-state index is 0.500. The number of fused-ring (bicyclic) bond motifs is 3. The zero-order valence-electron chi connectivity index (χ0n) is 8.16. The van der Waals surface area contributed by atoms with Gasteiger partial charge in [-0.2, -0.15) is 0 Å². The molecule has 0 aliphatic carbocycles. The van der Waals surface area contributed by atoms with Crippen LogP contribution in [0.1, 0.15) is 6.92 Å². The van der Waals surface area contributed by atoms with Crippen LogP contribution in [-0.2, 0) is 6.54 Å². The molecule has 0 aliphatic rings. The predicted octanol–water partition coefficient (Wildman–Crippen LogP) is 2.59. The Morgan fingerprint density at radius 2 is 2.33 bits per heavy atom. The number of aromatic amines is 1. The maximum atomic E-state index is 6.08. The Bertz CT molecular complexity index is 637. The highest BCUT2D eigenvalue weighted by Gasteiger charge is 2.11. The van der Waals surface area contributed by atoms with Crippen molar-refractivity contribution in [2.24, 2.45) is 0 Å². The van der Waals surface area contributed by atoms with Crippen molar-refractivity contribution in [2.45, 2.75) is 13.5 Å². The van der Waals surface area contributed by atoms with Gasteiger partial charge < -0.3 is 5.10 Å². The number of pyridine rings is 1. The molecular formula is C10H9ClN4. The zero-order chi connectivity index (χ0) is 10.4. The summed E-state index contributed by atoms with van der Waals surface area (Å²) in [5.41, 5.74) is 1.78. The van der Waals surface area contributed by atoms with Gasteiger partial charge in [0, 0.05) is 24.3 Å². The van der Waals surface area contributed by atoms with Crippen molar-refractivity contribution < 1.29 is 0 Å². The first-order valence-corrected chi connectivity index (χ1v) is 5.17. The van der Waals surface area contributed by atoms with Gasteiger partial charge in [0.25, 0.3) is 0 Å². The molecule has 3 aromatic rings. The van der Waals surface area contributed by atoms with Crippen LogP contribution in [0.15, 0.2) is 18.5 Å². The minimum Gasteiger partial charge on any atom is -0.305 e. The Balaban J connectivity index is 2.60. The number of aromatic nitrogens is 4. The van der Waals surface area contributed by atoms with Gasteiger partial charge in [-0.25, -0.2) is 9.97 Å². The monoisotopic (exact) mass is 220 g/mol. The second-order valence-corrected chi connectivity index (χ2v) is 3.72. The van der Waals surface area contributed by atoms with Crippen LogP contribution in [0.3, 0.4) is 0 Å². The first kappa shape index (κ1) is 8.73. The number of nitrogens with one attached hydrogen (secondary N) is 1. The normalized spacial score (nSPS) is 11.6. The Morgan fingerprint density at radius 3 is 3.13 bits per heavy atom. The van der Waals surface area contributed by atoms with Crippen molar-refractivity contribution in [3.8, 4) is 0 Å². The molecule has 3 heterocycles. The van der Waals surface area contributed by atoms with Crippen molar-refractivity contribution in [2.75, 3.05) is 0 Å². The van der Waals surface area contributed by atoms with E-state index in [2.05, 4.69) is 22.0 Å². The number of nitrogens with zero attached hydrogens (tertiary/aromatic N) is 3. The molecule has 0 fully saturated rings. The molecule has 0 saturated heterocycles. The Labute approximate surface area is 90.9 Å². The summed E-state index contributed by atoms with van der Waals surface area (Å²) in [6.07, 6.45) is 3.63. The summed E-state index contributed by atoms with van der Waals surface area (Å²) in [5.74, 6) is 0. The summed E-state index contributed by atoms with van der Waals surface area (Å²) in [6, 6.07) is 1.96. The maximum Gasteiger partial charge on any atom is 0.163 e. The van der Waals surface area contributed by atoms with Gasteiger partial charge in [-0.15, -0.1) is 0 Å². The van der Waals surface area contributed by atoms with E-state index < -0.39 is 0 Å².